The summed E-state index contributed by atoms with van der Waals surface area (Å²) in [4.78, 5) is 7.26. The number of rotatable bonds is 15. The topological polar surface area (TPSA) is 69.7 Å². The van der Waals surface area contributed by atoms with Gasteiger partial charge in [0.25, 0.3) is 0 Å². The lowest BCUT2D eigenvalue weighted by molar-refractivity contribution is 0.00744. The van der Waals surface area contributed by atoms with Crippen molar-refractivity contribution in [2.24, 2.45) is 5.92 Å². The number of nitrogens with one attached hydrogen (secondary N) is 2. The van der Waals surface area contributed by atoms with E-state index in [9.17, 15) is 9.50 Å². The molecule has 4 rings (SSSR count). The Bertz CT molecular complexity index is 1210. The summed E-state index contributed by atoms with van der Waals surface area (Å²) in [6.45, 7) is 14.1. The fraction of sp³-hybridized carbons (Fsp3) is 0.469. The highest BCUT2D eigenvalue weighted by Gasteiger charge is 2.35. The molecule has 1 aromatic carbocycles. The third-order valence-corrected chi connectivity index (χ3v) is 8.10. The van der Waals surface area contributed by atoms with Crippen LogP contribution in [-0.4, -0.2) is 60.4 Å². The molecule has 0 saturated heterocycles. The molecule has 0 unspecified atom stereocenters. The van der Waals surface area contributed by atoms with E-state index in [0.29, 0.717) is 52.1 Å². The average molecular weight is 569 g/mol. The number of hydrogen-bond donors (Lipinski definition) is 3. The van der Waals surface area contributed by atoms with Crippen LogP contribution in [0.5, 0.6) is 0 Å². The van der Waals surface area contributed by atoms with Gasteiger partial charge in [0.05, 0.1) is 18.4 Å². The predicted molar refractivity (Wildman–Crippen MR) is 162 cm³/mol. The molecule has 0 spiro atoms. The van der Waals surface area contributed by atoms with Gasteiger partial charge in [0.1, 0.15) is 11.6 Å². The third kappa shape index (κ3) is 7.94. The molecule has 0 amide bonds. The lowest BCUT2D eigenvalue weighted by atomic mass is 9.77. The molecule has 8 heteroatoms. The maximum atomic E-state index is 14.6. The van der Waals surface area contributed by atoms with Gasteiger partial charge in [-0.1, -0.05) is 31.7 Å². The van der Waals surface area contributed by atoms with Gasteiger partial charge < -0.3 is 20.5 Å². The Kier molecular flexibility index (Phi) is 10.8. The molecule has 1 aromatic heterocycles. The number of aliphatic hydroxyl groups is 1. The molecule has 2 aromatic rings. The number of benzene rings is 1. The minimum Gasteiger partial charge on any atom is -0.492 e. The monoisotopic (exact) mass is 568 g/mol. The van der Waals surface area contributed by atoms with Crippen LogP contribution >= 0.6 is 11.6 Å². The standard InChI is InChI=1S/C32H42ClFN4O2/c1-5-11-38(12-10-35-4)27-16-24(17-27)32-19-26(8-9-36-32)37-31(22(3)40-20-23-14-28(39)15-23)13-21(2)29-18-25(33)6-7-30(29)34/h6-9,13,18-19,23-24,27-28,35,39H,2-3,5,10-12,14-17,20H2,1,4H3,(H,36,37)/b31-13+. The van der Waals surface area contributed by atoms with Gasteiger partial charge in [-0.15, -0.1) is 0 Å². The number of allylic oxidation sites excluding steroid dienone is 2. The Morgan fingerprint density at radius 2 is 1.98 bits per heavy atom. The zero-order valence-corrected chi connectivity index (χ0v) is 24.4. The van der Waals surface area contributed by atoms with Crippen LogP contribution in [0.25, 0.3) is 5.57 Å². The van der Waals surface area contributed by atoms with E-state index in [-0.39, 0.29) is 6.10 Å². The summed E-state index contributed by atoms with van der Waals surface area (Å²) in [6, 6.07) is 8.96. The molecule has 2 fully saturated rings. The minimum absolute atomic E-state index is 0.251. The van der Waals surface area contributed by atoms with Gasteiger partial charge in [-0.3, -0.25) is 9.88 Å². The van der Waals surface area contributed by atoms with Crippen molar-refractivity contribution in [3.05, 3.63) is 89.3 Å². The van der Waals surface area contributed by atoms with Gasteiger partial charge in [-0.2, -0.15) is 0 Å². The number of ether oxygens (including phenoxy) is 1. The van der Waals surface area contributed by atoms with Crippen molar-refractivity contribution in [3.8, 4) is 0 Å². The summed E-state index contributed by atoms with van der Waals surface area (Å²) in [5.41, 5.74) is 3.24. The lowest BCUT2D eigenvalue weighted by Crippen LogP contribution is -2.46. The molecule has 1 heterocycles. The average Bonchev–Trinajstić information content (AvgIpc) is 2.89. The van der Waals surface area contributed by atoms with Crippen LogP contribution in [0.3, 0.4) is 0 Å². The molecule has 2 aliphatic carbocycles. The van der Waals surface area contributed by atoms with Crippen LogP contribution in [0.15, 0.2) is 67.2 Å². The maximum absolute atomic E-state index is 14.6. The van der Waals surface area contributed by atoms with E-state index < -0.39 is 5.82 Å². The quantitative estimate of drug-likeness (QED) is 0.171. The van der Waals surface area contributed by atoms with E-state index >= 15 is 0 Å². The number of aromatic nitrogens is 1. The first-order valence-electron chi connectivity index (χ1n) is 14.2. The van der Waals surface area contributed by atoms with Crippen molar-refractivity contribution in [3.63, 3.8) is 0 Å². The molecule has 2 saturated carbocycles. The fourth-order valence-electron chi connectivity index (χ4n) is 5.37. The fourth-order valence-corrected chi connectivity index (χ4v) is 5.54. The van der Waals surface area contributed by atoms with Gasteiger partial charge in [-0.05, 0) is 93.6 Å². The largest absolute Gasteiger partial charge is 0.492 e. The molecule has 40 heavy (non-hydrogen) atoms. The lowest BCUT2D eigenvalue weighted by Gasteiger charge is -2.43. The highest BCUT2D eigenvalue weighted by atomic mass is 35.5. The summed E-state index contributed by atoms with van der Waals surface area (Å²) >= 11 is 6.13. The summed E-state index contributed by atoms with van der Waals surface area (Å²) in [5, 5.41) is 16.7. The first-order valence-corrected chi connectivity index (χ1v) is 14.6. The van der Waals surface area contributed by atoms with Crippen LogP contribution in [0.2, 0.25) is 5.02 Å². The normalized spacial score (nSPS) is 22.4. The number of likely N-dealkylation sites (N-methyl/N-ethyl adjacent to an activating group) is 1. The van der Waals surface area contributed by atoms with E-state index in [0.717, 1.165) is 63.1 Å². The Morgan fingerprint density at radius 3 is 2.67 bits per heavy atom. The second kappa shape index (κ2) is 14.3. The summed E-state index contributed by atoms with van der Waals surface area (Å²) in [7, 11) is 2.00. The van der Waals surface area contributed by atoms with Crippen molar-refractivity contribution in [1.82, 2.24) is 15.2 Å². The minimum atomic E-state index is -0.405. The number of halogens is 2. The molecule has 3 N–H and O–H groups in total. The number of hydrogen-bond acceptors (Lipinski definition) is 6. The van der Waals surface area contributed by atoms with Crippen LogP contribution < -0.4 is 10.6 Å². The Labute approximate surface area is 243 Å². The number of aliphatic hydroxyl groups excluding tert-OH is 1. The van der Waals surface area contributed by atoms with Crippen LogP contribution in [-0.2, 0) is 4.74 Å². The van der Waals surface area contributed by atoms with Gasteiger partial charge in [-0.25, -0.2) is 4.39 Å². The van der Waals surface area contributed by atoms with E-state index in [1.54, 1.807) is 12.1 Å². The van der Waals surface area contributed by atoms with Gasteiger partial charge >= 0.3 is 0 Å². The molecule has 216 valence electrons. The van der Waals surface area contributed by atoms with Gasteiger partial charge in [0, 0.05) is 53.2 Å². The zero-order valence-electron chi connectivity index (χ0n) is 23.6. The molecule has 6 nitrogen and oxygen atoms in total. The Morgan fingerprint density at radius 1 is 1.20 bits per heavy atom. The second-order valence-electron chi connectivity index (χ2n) is 11.0. The van der Waals surface area contributed by atoms with Gasteiger partial charge in [0.2, 0.25) is 0 Å². The van der Waals surface area contributed by atoms with Crippen molar-refractivity contribution in [2.75, 3.05) is 38.6 Å². The number of nitrogens with zero attached hydrogens (tertiary/aromatic N) is 2. The Hall–Kier alpha value is -2.71. The van der Waals surface area contributed by atoms with Crippen molar-refractivity contribution in [1.29, 1.82) is 0 Å². The summed E-state index contributed by atoms with van der Waals surface area (Å²) < 4.78 is 20.6. The SMILES string of the molecule is C=C(OCC1CC(O)C1)/C(=C\C(=C)c1cc(Cl)ccc1F)Nc1ccnc(C2CC(N(CCC)CCNC)C2)c1. The number of anilines is 1. The molecule has 0 aliphatic heterocycles. The zero-order chi connectivity index (χ0) is 28.6. The molecular formula is C32H42ClFN4O2. The first kappa shape index (κ1) is 30.3. The van der Waals surface area contributed by atoms with Crippen molar-refractivity contribution in [2.45, 2.75) is 57.1 Å². The molecule has 0 bridgehead atoms. The van der Waals surface area contributed by atoms with Crippen molar-refractivity contribution >= 4 is 22.9 Å². The smallest absolute Gasteiger partial charge is 0.135 e. The molecular weight excluding hydrogens is 527 g/mol. The van der Waals surface area contributed by atoms with Crippen molar-refractivity contribution < 1.29 is 14.2 Å². The summed E-state index contributed by atoms with van der Waals surface area (Å²) in [6.07, 6.45) is 8.08. The van der Waals surface area contributed by atoms with E-state index in [1.165, 1.54) is 12.1 Å². The number of pyridine rings is 1. The van der Waals surface area contributed by atoms with E-state index in [4.69, 9.17) is 16.3 Å². The molecule has 0 atom stereocenters. The van der Waals surface area contributed by atoms with Crippen LogP contribution in [0.1, 0.15) is 56.2 Å². The van der Waals surface area contributed by atoms with Crippen LogP contribution in [0, 0.1) is 11.7 Å². The Balaban J connectivity index is 1.47. The summed E-state index contributed by atoms with van der Waals surface area (Å²) in [5.74, 6) is 0.721. The third-order valence-electron chi connectivity index (χ3n) is 7.87. The molecule has 2 aliphatic rings. The van der Waals surface area contributed by atoms with E-state index in [1.807, 2.05) is 19.3 Å². The predicted octanol–water partition coefficient (Wildman–Crippen LogP) is 6.36. The van der Waals surface area contributed by atoms with E-state index in [2.05, 4.69) is 46.7 Å². The molecule has 0 radical (unpaired) electrons. The van der Waals surface area contributed by atoms with Crippen LogP contribution in [0.4, 0.5) is 10.1 Å². The van der Waals surface area contributed by atoms with Gasteiger partial charge in [0.15, 0.2) is 0 Å². The highest BCUT2D eigenvalue weighted by molar-refractivity contribution is 6.30. The second-order valence-corrected chi connectivity index (χ2v) is 11.4. The first-order chi connectivity index (χ1) is 19.3. The highest BCUT2D eigenvalue weighted by Crippen LogP contribution is 2.40. The maximum Gasteiger partial charge on any atom is 0.135 e.